The summed E-state index contributed by atoms with van der Waals surface area (Å²) < 4.78 is 0. The molecule has 0 spiro atoms. The Morgan fingerprint density at radius 1 is 1.28 bits per heavy atom. The minimum Gasteiger partial charge on any atom is -0.481 e. The van der Waals surface area contributed by atoms with Crippen LogP contribution in [0.2, 0.25) is 0 Å². The van der Waals surface area contributed by atoms with Crippen LogP contribution in [-0.2, 0) is 9.59 Å². The van der Waals surface area contributed by atoms with E-state index in [2.05, 4.69) is 5.32 Å². The van der Waals surface area contributed by atoms with Gasteiger partial charge in [0, 0.05) is 19.1 Å². The van der Waals surface area contributed by atoms with Gasteiger partial charge in [0.2, 0.25) is 5.91 Å². The van der Waals surface area contributed by atoms with Crippen molar-refractivity contribution in [3.63, 3.8) is 0 Å². The van der Waals surface area contributed by atoms with Gasteiger partial charge in [-0.3, -0.25) is 9.59 Å². The predicted octanol–water partition coefficient (Wildman–Crippen LogP) is 1.54. The number of carbonyl (C=O) groups excluding carboxylic acids is 1. The van der Waals surface area contributed by atoms with E-state index >= 15 is 0 Å². The van der Waals surface area contributed by atoms with Gasteiger partial charge in [0.25, 0.3) is 0 Å². The highest BCUT2D eigenvalue weighted by Gasteiger charge is 2.37. The quantitative estimate of drug-likeness (QED) is 0.586. The average molecular weight is 259 g/mol. The average Bonchev–Trinajstić information content (AvgIpc) is 2.33. The highest BCUT2D eigenvalue weighted by molar-refractivity contribution is 5.85. The molecule has 0 aromatic carbocycles. The van der Waals surface area contributed by atoms with Crippen LogP contribution >= 0.6 is 0 Å². The standard InChI is InChI=1S/C13H25NO4/c1-4-13(5-2,12(17)18)9-11(16)14-10(3)7-6-8-15/h10,15H,4-9H2,1-3H3,(H,14,16)(H,17,18). The van der Waals surface area contributed by atoms with Crippen molar-refractivity contribution >= 4 is 11.9 Å². The van der Waals surface area contributed by atoms with Gasteiger partial charge in [0.05, 0.1) is 5.41 Å². The Morgan fingerprint density at radius 2 is 1.83 bits per heavy atom. The highest BCUT2D eigenvalue weighted by Crippen LogP contribution is 2.30. The van der Waals surface area contributed by atoms with Crippen LogP contribution in [0.15, 0.2) is 0 Å². The molecule has 3 N–H and O–H groups in total. The summed E-state index contributed by atoms with van der Waals surface area (Å²) in [5.74, 6) is -1.14. The molecule has 0 aromatic rings. The van der Waals surface area contributed by atoms with Crippen molar-refractivity contribution in [2.45, 2.75) is 58.9 Å². The van der Waals surface area contributed by atoms with Crippen molar-refractivity contribution in [2.24, 2.45) is 5.41 Å². The summed E-state index contributed by atoms with van der Waals surface area (Å²) in [6.45, 7) is 5.54. The number of nitrogens with one attached hydrogen (secondary N) is 1. The Labute approximate surface area is 109 Å². The maximum absolute atomic E-state index is 11.8. The summed E-state index contributed by atoms with van der Waals surface area (Å²) in [6, 6.07) is -0.0372. The molecule has 106 valence electrons. The van der Waals surface area contributed by atoms with E-state index in [4.69, 9.17) is 5.11 Å². The van der Waals surface area contributed by atoms with Gasteiger partial charge in [-0.1, -0.05) is 13.8 Å². The zero-order valence-electron chi connectivity index (χ0n) is 11.5. The fourth-order valence-electron chi connectivity index (χ4n) is 1.98. The Hall–Kier alpha value is -1.10. The molecule has 0 aliphatic heterocycles. The molecule has 1 amide bonds. The molecule has 18 heavy (non-hydrogen) atoms. The van der Waals surface area contributed by atoms with E-state index in [-0.39, 0.29) is 25.0 Å². The lowest BCUT2D eigenvalue weighted by Gasteiger charge is -2.26. The SMILES string of the molecule is CCC(CC)(CC(=O)NC(C)CCCO)C(=O)O. The van der Waals surface area contributed by atoms with Crippen molar-refractivity contribution in [2.75, 3.05) is 6.61 Å². The number of hydrogen-bond donors (Lipinski definition) is 3. The van der Waals surface area contributed by atoms with Gasteiger partial charge in [-0.2, -0.15) is 0 Å². The largest absolute Gasteiger partial charge is 0.481 e. The number of carboxylic acid groups (broad SMARTS) is 1. The van der Waals surface area contributed by atoms with Crippen LogP contribution in [0.3, 0.4) is 0 Å². The fraction of sp³-hybridized carbons (Fsp3) is 0.846. The van der Waals surface area contributed by atoms with E-state index in [0.717, 1.165) is 0 Å². The monoisotopic (exact) mass is 259 g/mol. The predicted molar refractivity (Wildman–Crippen MR) is 69.2 cm³/mol. The second kappa shape index (κ2) is 8.08. The number of aliphatic hydroxyl groups is 1. The molecular formula is C13H25NO4. The van der Waals surface area contributed by atoms with Crippen molar-refractivity contribution in [3.8, 4) is 0 Å². The lowest BCUT2D eigenvalue weighted by atomic mass is 9.79. The number of hydrogen-bond acceptors (Lipinski definition) is 3. The Balaban J connectivity index is 4.39. The second-order valence-electron chi connectivity index (χ2n) is 4.80. The highest BCUT2D eigenvalue weighted by atomic mass is 16.4. The van der Waals surface area contributed by atoms with E-state index in [9.17, 15) is 14.7 Å². The molecule has 5 heteroatoms. The van der Waals surface area contributed by atoms with Gasteiger partial charge in [-0.15, -0.1) is 0 Å². The topological polar surface area (TPSA) is 86.6 Å². The molecule has 0 radical (unpaired) electrons. The van der Waals surface area contributed by atoms with Crippen LogP contribution in [-0.4, -0.2) is 34.7 Å². The first-order valence-corrected chi connectivity index (χ1v) is 6.55. The van der Waals surface area contributed by atoms with Crippen molar-refractivity contribution in [1.82, 2.24) is 5.32 Å². The summed E-state index contributed by atoms with van der Waals surface area (Å²) in [7, 11) is 0. The van der Waals surface area contributed by atoms with Crippen LogP contribution in [0.5, 0.6) is 0 Å². The minimum absolute atomic E-state index is 0.0127. The Bertz CT molecular complexity index is 274. The molecule has 0 bridgehead atoms. The molecule has 1 unspecified atom stereocenters. The maximum atomic E-state index is 11.8. The van der Waals surface area contributed by atoms with Crippen LogP contribution in [0.1, 0.15) is 52.9 Å². The number of rotatable bonds is 9. The number of amides is 1. The number of aliphatic carboxylic acids is 1. The van der Waals surface area contributed by atoms with E-state index in [0.29, 0.717) is 25.7 Å². The normalized spacial score (nSPS) is 13.1. The minimum atomic E-state index is -0.958. The summed E-state index contributed by atoms with van der Waals surface area (Å²) in [4.78, 5) is 23.1. The zero-order chi connectivity index (χ0) is 14.2. The molecule has 0 aliphatic carbocycles. The summed E-state index contributed by atoms with van der Waals surface area (Å²) >= 11 is 0. The third-order valence-corrected chi connectivity index (χ3v) is 3.51. The van der Waals surface area contributed by atoms with E-state index in [1.165, 1.54) is 0 Å². The summed E-state index contributed by atoms with van der Waals surface area (Å²) in [5.41, 5.74) is -0.958. The lowest BCUT2D eigenvalue weighted by molar-refractivity contribution is -0.152. The van der Waals surface area contributed by atoms with Crippen molar-refractivity contribution < 1.29 is 19.8 Å². The zero-order valence-corrected chi connectivity index (χ0v) is 11.5. The third kappa shape index (κ3) is 5.04. The van der Waals surface area contributed by atoms with Crippen LogP contribution in [0.25, 0.3) is 0 Å². The molecular weight excluding hydrogens is 234 g/mol. The molecule has 1 atom stereocenters. The van der Waals surface area contributed by atoms with Gasteiger partial charge in [-0.25, -0.2) is 0 Å². The third-order valence-electron chi connectivity index (χ3n) is 3.51. The number of aliphatic hydroxyl groups excluding tert-OH is 1. The molecule has 0 aliphatic rings. The van der Waals surface area contributed by atoms with Gasteiger partial charge >= 0.3 is 5.97 Å². The van der Waals surface area contributed by atoms with Crippen molar-refractivity contribution in [1.29, 1.82) is 0 Å². The molecule has 5 nitrogen and oxygen atoms in total. The van der Waals surface area contributed by atoms with Crippen molar-refractivity contribution in [3.05, 3.63) is 0 Å². The van der Waals surface area contributed by atoms with Gasteiger partial charge in [0.1, 0.15) is 0 Å². The van der Waals surface area contributed by atoms with Gasteiger partial charge < -0.3 is 15.5 Å². The van der Waals surface area contributed by atoms with Gasteiger partial charge in [0.15, 0.2) is 0 Å². The van der Waals surface area contributed by atoms with Gasteiger partial charge in [-0.05, 0) is 32.6 Å². The van der Waals surface area contributed by atoms with E-state index < -0.39 is 11.4 Å². The maximum Gasteiger partial charge on any atom is 0.310 e. The lowest BCUT2D eigenvalue weighted by Crippen LogP contribution is -2.40. The second-order valence-corrected chi connectivity index (χ2v) is 4.80. The van der Waals surface area contributed by atoms with E-state index in [1.807, 2.05) is 6.92 Å². The molecule has 0 saturated heterocycles. The summed E-state index contributed by atoms with van der Waals surface area (Å²) in [5, 5.41) is 20.7. The van der Waals surface area contributed by atoms with Crippen LogP contribution in [0.4, 0.5) is 0 Å². The van der Waals surface area contributed by atoms with Crippen LogP contribution < -0.4 is 5.32 Å². The molecule has 0 saturated carbocycles. The first-order chi connectivity index (χ1) is 8.41. The molecule has 0 aromatic heterocycles. The Morgan fingerprint density at radius 3 is 2.22 bits per heavy atom. The van der Waals surface area contributed by atoms with Crippen LogP contribution in [0, 0.1) is 5.41 Å². The first-order valence-electron chi connectivity index (χ1n) is 6.55. The smallest absolute Gasteiger partial charge is 0.310 e. The van der Waals surface area contributed by atoms with E-state index in [1.54, 1.807) is 13.8 Å². The summed E-state index contributed by atoms with van der Waals surface area (Å²) in [6.07, 6.45) is 2.22. The first kappa shape index (κ1) is 16.9. The fourth-order valence-corrected chi connectivity index (χ4v) is 1.98. The molecule has 0 fully saturated rings. The number of carboxylic acids is 1. The Kier molecular flexibility index (Phi) is 7.59. The molecule has 0 rings (SSSR count). The number of carbonyl (C=O) groups is 2. The molecule has 0 heterocycles.